The Morgan fingerprint density at radius 2 is 1.89 bits per heavy atom. The van der Waals surface area contributed by atoms with E-state index in [1.54, 1.807) is 0 Å². The van der Waals surface area contributed by atoms with Gasteiger partial charge in [0.2, 0.25) is 5.95 Å². The fourth-order valence-electron chi connectivity index (χ4n) is 5.27. The summed E-state index contributed by atoms with van der Waals surface area (Å²) in [6, 6.07) is 11.6. The third-order valence-electron chi connectivity index (χ3n) is 6.84. The summed E-state index contributed by atoms with van der Waals surface area (Å²) in [7, 11) is 0. The maximum atomic E-state index is 12.5. The Labute approximate surface area is 206 Å². The number of halogens is 3. The Morgan fingerprint density at radius 1 is 1.11 bits per heavy atom. The Balaban J connectivity index is 1.51. The number of anilines is 2. The maximum absolute atomic E-state index is 12.5. The summed E-state index contributed by atoms with van der Waals surface area (Å²) < 4.78 is 43.8. The van der Waals surface area contributed by atoms with Gasteiger partial charge in [-0.2, -0.15) is 0 Å². The van der Waals surface area contributed by atoms with Crippen LogP contribution in [0.15, 0.2) is 66.8 Å². The molecule has 1 fully saturated rings. The van der Waals surface area contributed by atoms with E-state index in [4.69, 9.17) is 10.1 Å². The average molecular weight is 498 g/mol. The number of nitrogens with one attached hydrogen (secondary N) is 1. The molecule has 2 unspecified atom stereocenters. The number of aromatic nitrogens is 2. The molecule has 6 nitrogen and oxygen atoms in total. The second kappa shape index (κ2) is 9.72. The van der Waals surface area contributed by atoms with Crippen LogP contribution in [0.1, 0.15) is 37.3 Å². The van der Waals surface area contributed by atoms with Crippen LogP contribution < -0.4 is 10.1 Å². The van der Waals surface area contributed by atoms with Gasteiger partial charge in [-0.3, -0.25) is 4.79 Å². The zero-order chi connectivity index (χ0) is 25.3. The van der Waals surface area contributed by atoms with Crippen LogP contribution in [0.3, 0.4) is 0 Å². The van der Waals surface area contributed by atoms with Crippen LogP contribution in [0.2, 0.25) is 0 Å². The summed E-state index contributed by atoms with van der Waals surface area (Å²) in [5, 5.41) is 12.3. The van der Waals surface area contributed by atoms with E-state index in [1.165, 1.54) is 24.3 Å². The zero-order valence-electron chi connectivity index (χ0n) is 19.4. The van der Waals surface area contributed by atoms with Crippen LogP contribution in [0.4, 0.5) is 24.8 Å². The Morgan fingerprint density at radius 3 is 2.64 bits per heavy atom. The summed E-state index contributed by atoms with van der Waals surface area (Å²) in [5.74, 6) is 0.187. The quantitative estimate of drug-likeness (QED) is 0.376. The fourth-order valence-corrected chi connectivity index (χ4v) is 5.27. The lowest BCUT2D eigenvalue weighted by molar-refractivity contribution is -0.274. The van der Waals surface area contributed by atoms with Crippen LogP contribution in [0.5, 0.6) is 5.75 Å². The van der Waals surface area contributed by atoms with Gasteiger partial charge in [0, 0.05) is 24.1 Å². The van der Waals surface area contributed by atoms with Gasteiger partial charge in [0.25, 0.3) is 0 Å². The van der Waals surface area contributed by atoms with E-state index in [2.05, 4.69) is 38.9 Å². The highest BCUT2D eigenvalue weighted by molar-refractivity contribution is 5.81. The number of aryl methyl sites for hydroxylation is 1. The molecule has 0 aliphatic heterocycles. The number of alkyl halides is 3. The van der Waals surface area contributed by atoms with Crippen molar-refractivity contribution < 1.29 is 27.8 Å². The Bertz CT molecular complexity index is 1310. The number of carboxylic acid groups (broad SMARTS) is 1. The van der Waals surface area contributed by atoms with Crippen LogP contribution in [0.25, 0.3) is 11.0 Å². The van der Waals surface area contributed by atoms with Gasteiger partial charge >= 0.3 is 12.3 Å². The van der Waals surface area contributed by atoms with E-state index in [0.717, 1.165) is 35.9 Å². The van der Waals surface area contributed by atoms with Crippen molar-refractivity contribution in [3.63, 3.8) is 0 Å². The number of rotatable bonds is 7. The van der Waals surface area contributed by atoms with E-state index >= 15 is 0 Å². The van der Waals surface area contributed by atoms with Gasteiger partial charge in [0.1, 0.15) is 5.75 Å². The first-order valence-corrected chi connectivity index (χ1v) is 12.0. The number of nitrogens with zero attached hydrogens (tertiary/aromatic N) is 2. The number of carboxylic acids is 1. The molecule has 0 saturated heterocycles. The number of fused-ring (bicyclic) bond motifs is 2. The molecule has 0 bridgehead atoms. The number of carbonyl (C=O) groups is 1. The van der Waals surface area contributed by atoms with E-state index in [1.807, 2.05) is 18.2 Å². The highest BCUT2D eigenvalue weighted by Gasteiger charge is 2.34. The van der Waals surface area contributed by atoms with Gasteiger partial charge in [-0.15, -0.1) is 13.2 Å². The number of benzene rings is 2. The minimum absolute atomic E-state index is 0.0349. The first kappa shape index (κ1) is 24.0. The first-order valence-electron chi connectivity index (χ1n) is 12.0. The third-order valence-corrected chi connectivity index (χ3v) is 6.84. The van der Waals surface area contributed by atoms with E-state index in [9.17, 15) is 18.0 Å². The molecule has 188 valence electrons. The lowest BCUT2D eigenvalue weighted by Crippen LogP contribution is -2.29. The number of hydrogen-bond acceptors (Lipinski definition) is 4. The molecule has 2 aliphatic carbocycles. The van der Waals surface area contributed by atoms with E-state index in [0.29, 0.717) is 29.9 Å². The molecule has 2 N–H and O–H groups in total. The van der Waals surface area contributed by atoms with Gasteiger partial charge in [0.15, 0.2) is 0 Å². The maximum Gasteiger partial charge on any atom is 0.573 e. The number of ether oxygens (including phenoxy) is 1. The molecule has 0 radical (unpaired) electrons. The van der Waals surface area contributed by atoms with Gasteiger partial charge in [-0.25, -0.2) is 4.98 Å². The summed E-state index contributed by atoms with van der Waals surface area (Å²) >= 11 is 0. The van der Waals surface area contributed by atoms with Crippen molar-refractivity contribution in [1.29, 1.82) is 0 Å². The number of allylic oxidation sites excluding steroid dienone is 4. The third kappa shape index (κ3) is 5.24. The van der Waals surface area contributed by atoms with Gasteiger partial charge in [-0.1, -0.05) is 36.8 Å². The predicted molar refractivity (Wildman–Crippen MR) is 130 cm³/mol. The molecule has 1 aromatic heterocycles. The fraction of sp³-hybridized carbons (Fsp3) is 0.333. The van der Waals surface area contributed by atoms with Crippen molar-refractivity contribution in [3.05, 3.63) is 72.3 Å². The second-order valence-corrected chi connectivity index (χ2v) is 9.23. The van der Waals surface area contributed by atoms with Crippen molar-refractivity contribution in [2.45, 2.75) is 44.5 Å². The SMILES string of the molecule is O=C(O)CCc1ccc2c(c1)nc(Nc1ccc(OC(F)(F)F)cc1)n2[C@@H]1CCCC2C=CC=CC21. The van der Waals surface area contributed by atoms with Gasteiger partial charge in [0.05, 0.1) is 11.0 Å². The van der Waals surface area contributed by atoms with Crippen LogP contribution in [-0.4, -0.2) is 27.0 Å². The van der Waals surface area contributed by atoms with Crippen molar-refractivity contribution in [1.82, 2.24) is 9.55 Å². The minimum atomic E-state index is -4.75. The standard InChI is InChI=1S/C27H26F3N3O3/c28-27(29,30)36-20-12-10-19(11-13-20)31-26-32-22-16-17(9-15-25(34)35)8-14-24(22)33(26)23-7-3-5-18-4-1-2-6-21(18)23/h1-2,4,6,8,10-14,16,18,21,23H,3,5,7,9,15H2,(H,31,32)(H,34,35)/t18?,21?,23-/m1/s1. The van der Waals surface area contributed by atoms with E-state index in [-0.39, 0.29) is 18.2 Å². The number of hydrogen-bond donors (Lipinski definition) is 2. The summed E-state index contributed by atoms with van der Waals surface area (Å²) in [5.41, 5.74) is 3.15. The molecule has 3 aromatic rings. The molecule has 1 heterocycles. The number of aliphatic carboxylic acids is 1. The minimum Gasteiger partial charge on any atom is -0.481 e. The molecular formula is C27H26F3N3O3. The smallest absolute Gasteiger partial charge is 0.481 e. The van der Waals surface area contributed by atoms with Crippen LogP contribution in [0, 0.1) is 11.8 Å². The molecule has 0 amide bonds. The van der Waals surface area contributed by atoms with Gasteiger partial charge in [-0.05, 0) is 67.1 Å². The second-order valence-electron chi connectivity index (χ2n) is 9.23. The van der Waals surface area contributed by atoms with E-state index < -0.39 is 12.3 Å². The molecule has 1 saturated carbocycles. The predicted octanol–water partition coefficient (Wildman–Crippen LogP) is 6.78. The molecule has 5 rings (SSSR count). The van der Waals surface area contributed by atoms with Crippen molar-refractivity contribution in [2.24, 2.45) is 11.8 Å². The molecule has 3 atom stereocenters. The monoisotopic (exact) mass is 497 g/mol. The highest BCUT2D eigenvalue weighted by Crippen LogP contribution is 2.44. The highest BCUT2D eigenvalue weighted by atomic mass is 19.4. The normalized spacial score (nSPS) is 21.4. The Hall–Kier alpha value is -3.75. The van der Waals surface area contributed by atoms with Crippen LogP contribution in [-0.2, 0) is 11.2 Å². The lowest BCUT2D eigenvalue weighted by Gasteiger charge is -2.38. The summed E-state index contributed by atoms with van der Waals surface area (Å²) in [4.78, 5) is 15.9. The van der Waals surface area contributed by atoms with Crippen molar-refractivity contribution >= 4 is 28.6 Å². The summed E-state index contributed by atoms with van der Waals surface area (Å²) in [6.07, 6.45) is 7.53. The molecule has 2 aliphatic rings. The summed E-state index contributed by atoms with van der Waals surface area (Å²) in [6.45, 7) is 0. The molecule has 0 spiro atoms. The molecular weight excluding hydrogens is 471 g/mol. The largest absolute Gasteiger partial charge is 0.573 e. The molecule has 36 heavy (non-hydrogen) atoms. The average Bonchev–Trinajstić information content (AvgIpc) is 3.19. The van der Waals surface area contributed by atoms with Crippen LogP contribution >= 0.6 is 0 Å². The van der Waals surface area contributed by atoms with Crippen molar-refractivity contribution in [3.8, 4) is 5.75 Å². The molecule has 2 aromatic carbocycles. The number of imidazole rings is 1. The lowest BCUT2D eigenvalue weighted by atomic mass is 9.73. The first-order chi connectivity index (χ1) is 17.3. The van der Waals surface area contributed by atoms with Crippen molar-refractivity contribution in [2.75, 3.05) is 5.32 Å². The molecule has 9 heteroatoms. The topological polar surface area (TPSA) is 76.4 Å². The van der Waals surface area contributed by atoms with Gasteiger partial charge < -0.3 is 19.7 Å². The Kier molecular flexibility index (Phi) is 6.47. The zero-order valence-corrected chi connectivity index (χ0v) is 19.4.